The van der Waals surface area contributed by atoms with Crippen LogP contribution in [0.1, 0.15) is 52.4 Å². The third-order valence-corrected chi connectivity index (χ3v) is 5.15. The fourth-order valence-corrected chi connectivity index (χ4v) is 3.15. The van der Waals surface area contributed by atoms with Crippen LogP contribution in [0.2, 0.25) is 0 Å². The Balaban J connectivity index is 1.73. The van der Waals surface area contributed by atoms with Gasteiger partial charge >= 0.3 is 0 Å². The summed E-state index contributed by atoms with van der Waals surface area (Å²) >= 11 is 0. The first-order chi connectivity index (χ1) is 12.8. The summed E-state index contributed by atoms with van der Waals surface area (Å²) < 4.78 is 2.09. The van der Waals surface area contributed by atoms with Gasteiger partial charge in [0, 0.05) is 30.8 Å². The van der Waals surface area contributed by atoms with Crippen molar-refractivity contribution in [1.29, 1.82) is 0 Å². The highest BCUT2D eigenvalue weighted by atomic mass is 15.3. The molecular weight excluding hydrogens is 334 g/mol. The summed E-state index contributed by atoms with van der Waals surface area (Å²) in [5, 5.41) is 8.09. The second kappa shape index (κ2) is 7.91. The molecule has 1 N–H and O–H groups in total. The monoisotopic (exact) mass is 363 g/mol. The SMILES string of the molecule is Cc1ccc(CNc2cc([C@H](C)Cn3nc(C)c(C)c3C)nc(C)n2)cc1. The predicted molar refractivity (Wildman–Crippen MR) is 110 cm³/mol. The van der Waals surface area contributed by atoms with Crippen LogP contribution in [0.5, 0.6) is 0 Å². The fourth-order valence-electron chi connectivity index (χ4n) is 3.15. The van der Waals surface area contributed by atoms with Gasteiger partial charge in [0.15, 0.2) is 0 Å². The van der Waals surface area contributed by atoms with Crippen LogP contribution < -0.4 is 5.32 Å². The van der Waals surface area contributed by atoms with Gasteiger partial charge in [-0.1, -0.05) is 36.8 Å². The molecule has 0 bridgehead atoms. The molecule has 0 aliphatic heterocycles. The third kappa shape index (κ3) is 4.54. The molecule has 0 aliphatic carbocycles. The number of anilines is 1. The van der Waals surface area contributed by atoms with Crippen LogP contribution in [0, 0.1) is 34.6 Å². The van der Waals surface area contributed by atoms with E-state index in [4.69, 9.17) is 0 Å². The molecule has 0 unspecified atom stereocenters. The van der Waals surface area contributed by atoms with Crippen LogP contribution in [0.3, 0.4) is 0 Å². The topological polar surface area (TPSA) is 55.6 Å². The Bertz CT molecular complexity index is 925. The van der Waals surface area contributed by atoms with Gasteiger partial charge in [0.2, 0.25) is 0 Å². The summed E-state index contributed by atoms with van der Waals surface area (Å²) in [5.41, 5.74) is 7.14. The summed E-state index contributed by atoms with van der Waals surface area (Å²) in [7, 11) is 0. The zero-order valence-corrected chi connectivity index (χ0v) is 17.2. The lowest BCUT2D eigenvalue weighted by Crippen LogP contribution is -2.13. The second-order valence-corrected chi connectivity index (χ2v) is 7.44. The van der Waals surface area contributed by atoms with Crippen LogP contribution in [0.4, 0.5) is 5.82 Å². The Morgan fingerprint density at radius 1 is 1.00 bits per heavy atom. The van der Waals surface area contributed by atoms with E-state index in [1.165, 1.54) is 22.4 Å². The Morgan fingerprint density at radius 2 is 1.70 bits per heavy atom. The van der Waals surface area contributed by atoms with E-state index in [0.29, 0.717) is 0 Å². The number of benzene rings is 1. The van der Waals surface area contributed by atoms with Crippen molar-refractivity contribution in [3.63, 3.8) is 0 Å². The van der Waals surface area contributed by atoms with Crippen LogP contribution >= 0.6 is 0 Å². The minimum absolute atomic E-state index is 0.254. The second-order valence-electron chi connectivity index (χ2n) is 7.44. The molecule has 0 saturated heterocycles. The zero-order chi connectivity index (χ0) is 19.6. The van der Waals surface area contributed by atoms with E-state index in [0.717, 1.165) is 36.1 Å². The Labute approximate surface area is 161 Å². The average Bonchev–Trinajstić information content (AvgIpc) is 2.87. The fraction of sp³-hybridized carbons (Fsp3) is 0.409. The van der Waals surface area contributed by atoms with E-state index in [2.05, 4.69) is 90.0 Å². The van der Waals surface area contributed by atoms with E-state index in [1.807, 2.05) is 6.92 Å². The summed E-state index contributed by atoms with van der Waals surface area (Å²) in [6, 6.07) is 10.6. The van der Waals surface area contributed by atoms with Gasteiger partial charge in [0.05, 0.1) is 11.4 Å². The number of hydrogen-bond donors (Lipinski definition) is 1. The quantitative estimate of drug-likeness (QED) is 0.694. The Kier molecular flexibility index (Phi) is 5.59. The van der Waals surface area contributed by atoms with E-state index in [-0.39, 0.29) is 5.92 Å². The summed E-state index contributed by atoms with van der Waals surface area (Å²) in [5.74, 6) is 1.91. The van der Waals surface area contributed by atoms with Gasteiger partial charge in [0.25, 0.3) is 0 Å². The highest BCUT2D eigenvalue weighted by Crippen LogP contribution is 2.21. The van der Waals surface area contributed by atoms with Gasteiger partial charge in [-0.15, -0.1) is 0 Å². The van der Waals surface area contributed by atoms with Gasteiger partial charge in [-0.2, -0.15) is 5.10 Å². The summed E-state index contributed by atoms with van der Waals surface area (Å²) in [6.07, 6.45) is 0. The molecule has 0 fully saturated rings. The molecule has 5 heteroatoms. The van der Waals surface area contributed by atoms with Crippen LogP contribution in [0.25, 0.3) is 0 Å². The molecule has 0 radical (unpaired) electrons. The molecule has 0 amide bonds. The van der Waals surface area contributed by atoms with Crippen molar-refractivity contribution in [2.45, 2.75) is 60.5 Å². The molecule has 27 heavy (non-hydrogen) atoms. The predicted octanol–water partition coefficient (Wildman–Crippen LogP) is 4.63. The van der Waals surface area contributed by atoms with Crippen molar-refractivity contribution in [2.24, 2.45) is 0 Å². The molecule has 3 aromatic rings. The van der Waals surface area contributed by atoms with Gasteiger partial charge in [-0.3, -0.25) is 4.68 Å². The number of rotatable bonds is 6. The number of aryl methyl sites for hydroxylation is 3. The van der Waals surface area contributed by atoms with Crippen molar-refractivity contribution in [3.05, 3.63) is 69.9 Å². The largest absolute Gasteiger partial charge is 0.366 e. The maximum absolute atomic E-state index is 4.66. The number of nitrogens with one attached hydrogen (secondary N) is 1. The van der Waals surface area contributed by atoms with Gasteiger partial charge in [-0.05, 0) is 45.7 Å². The van der Waals surface area contributed by atoms with E-state index in [9.17, 15) is 0 Å². The third-order valence-electron chi connectivity index (χ3n) is 5.15. The molecule has 0 aliphatic rings. The molecule has 142 valence electrons. The summed E-state index contributed by atoms with van der Waals surface area (Å²) in [6.45, 7) is 14.1. The first kappa shape index (κ1) is 19.1. The maximum atomic E-state index is 4.66. The minimum atomic E-state index is 0.254. The minimum Gasteiger partial charge on any atom is -0.366 e. The highest BCUT2D eigenvalue weighted by molar-refractivity contribution is 5.38. The standard InChI is InChI=1S/C22H29N5/c1-14-7-9-20(10-8-14)12-23-22-11-21(24-19(6)25-22)15(2)13-27-18(5)16(3)17(4)26-27/h7-11,15H,12-13H2,1-6H3,(H,23,24,25)/t15-/m1/s1. The van der Waals surface area contributed by atoms with Crippen LogP contribution in [-0.2, 0) is 13.1 Å². The lowest BCUT2D eigenvalue weighted by atomic mass is 10.1. The van der Waals surface area contributed by atoms with Crippen molar-refractivity contribution in [2.75, 3.05) is 5.32 Å². The molecule has 1 atom stereocenters. The van der Waals surface area contributed by atoms with Gasteiger partial charge < -0.3 is 5.32 Å². The molecule has 3 rings (SSSR count). The Hall–Kier alpha value is -2.69. The van der Waals surface area contributed by atoms with Crippen molar-refractivity contribution in [1.82, 2.24) is 19.7 Å². The van der Waals surface area contributed by atoms with Crippen molar-refractivity contribution < 1.29 is 0 Å². The lowest BCUT2D eigenvalue weighted by molar-refractivity contribution is 0.519. The zero-order valence-electron chi connectivity index (χ0n) is 17.2. The molecule has 0 saturated carbocycles. The van der Waals surface area contributed by atoms with Crippen LogP contribution in [-0.4, -0.2) is 19.7 Å². The number of nitrogens with zero attached hydrogens (tertiary/aromatic N) is 4. The molecule has 2 aromatic heterocycles. The smallest absolute Gasteiger partial charge is 0.130 e. The van der Waals surface area contributed by atoms with E-state index >= 15 is 0 Å². The van der Waals surface area contributed by atoms with E-state index in [1.54, 1.807) is 0 Å². The number of hydrogen-bond acceptors (Lipinski definition) is 4. The first-order valence-corrected chi connectivity index (χ1v) is 9.49. The average molecular weight is 364 g/mol. The van der Waals surface area contributed by atoms with Crippen molar-refractivity contribution in [3.8, 4) is 0 Å². The molecule has 0 spiro atoms. The molecule has 2 heterocycles. The maximum Gasteiger partial charge on any atom is 0.130 e. The number of aromatic nitrogens is 4. The van der Waals surface area contributed by atoms with Gasteiger partial charge in [0.1, 0.15) is 11.6 Å². The Morgan fingerprint density at radius 3 is 2.33 bits per heavy atom. The molecule has 5 nitrogen and oxygen atoms in total. The normalized spacial score (nSPS) is 12.2. The summed E-state index contributed by atoms with van der Waals surface area (Å²) in [4.78, 5) is 9.21. The first-order valence-electron chi connectivity index (χ1n) is 9.49. The molecule has 1 aromatic carbocycles. The lowest BCUT2D eigenvalue weighted by Gasteiger charge is -2.15. The van der Waals surface area contributed by atoms with E-state index < -0.39 is 0 Å². The molecular formula is C22H29N5. The van der Waals surface area contributed by atoms with Crippen LogP contribution in [0.15, 0.2) is 30.3 Å². The highest BCUT2D eigenvalue weighted by Gasteiger charge is 2.14. The van der Waals surface area contributed by atoms with Gasteiger partial charge in [-0.25, -0.2) is 9.97 Å². The van der Waals surface area contributed by atoms with Crippen molar-refractivity contribution >= 4 is 5.82 Å².